The number of rotatable bonds is 6. The van der Waals surface area contributed by atoms with E-state index in [2.05, 4.69) is 21.1 Å². The number of carbonyl (C=O) groups is 1. The third kappa shape index (κ3) is 3.69. The molecule has 0 spiro atoms. The Hall–Kier alpha value is -1.78. The van der Waals surface area contributed by atoms with Gasteiger partial charge in [-0.2, -0.15) is 11.3 Å². The van der Waals surface area contributed by atoms with Gasteiger partial charge in [0, 0.05) is 38.6 Å². The van der Waals surface area contributed by atoms with Gasteiger partial charge in [0.2, 0.25) is 15.9 Å². The van der Waals surface area contributed by atoms with Crippen LogP contribution in [0.25, 0.3) is 0 Å². The Kier molecular flexibility index (Phi) is 5.40. The van der Waals surface area contributed by atoms with Crippen LogP contribution in [0.1, 0.15) is 29.2 Å². The van der Waals surface area contributed by atoms with Gasteiger partial charge in [-0.25, -0.2) is 13.1 Å². The SMILES string of the molecule is O=C1CCc2cc(S(=O)(=O)NCC(c3ccsc3)N3CCOCC3)cc3c2N1CC3. The van der Waals surface area contributed by atoms with Crippen molar-refractivity contribution in [3.05, 3.63) is 45.6 Å². The molecular formula is C21H25N3O4S2. The van der Waals surface area contributed by atoms with Gasteiger partial charge in [0.15, 0.2) is 0 Å². The first-order valence-electron chi connectivity index (χ1n) is 10.3. The van der Waals surface area contributed by atoms with Crippen molar-refractivity contribution in [3.63, 3.8) is 0 Å². The molecule has 0 radical (unpaired) electrons. The first-order valence-corrected chi connectivity index (χ1v) is 12.8. The van der Waals surface area contributed by atoms with Crippen LogP contribution in [-0.2, 0) is 32.4 Å². The summed E-state index contributed by atoms with van der Waals surface area (Å²) < 4.78 is 34.7. The maximum Gasteiger partial charge on any atom is 0.240 e. The lowest BCUT2D eigenvalue weighted by Crippen LogP contribution is -2.43. The largest absolute Gasteiger partial charge is 0.379 e. The van der Waals surface area contributed by atoms with Crippen LogP contribution in [0.5, 0.6) is 0 Å². The number of amides is 1. The molecule has 9 heteroatoms. The summed E-state index contributed by atoms with van der Waals surface area (Å²) in [5.41, 5.74) is 3.99. The monoisotopic (exact) mass is 447 g/mol. The van der Waals surface area contributed by atoms with Crippen LogP contribution >= 0.6 is 11.3 Å². The molecule has 1 saturated heterocycles. The highest BCUT2D eigenvalue weighted by atomic mass is 32.2. The molecule has 3 aliphatic rings. The number of ether oxygens (including phenoxy) is 1. The number of benzene rings is 1. The van der Waals surface area contributed by atoms with E-state index in [1.54, 1.807) is 23.5 Å². The van der Waals surface area contributed by atoms with Crippen molar-refractivity contribution < 1.29 is 17.9 Å². The highest BCUT2D eigenvalue weighted by molar-refractivity contribution is 7.89. The quantitative estimate of drug-likeness (QED) is 0.732. The van der Waals surface area contributed by atoms with Crippen molar-refractivity contribution in [1.82, 2.24) is 9.62 Å². The van der Waals surface area contributed by atoms with Crippen LogP contribution in [0.3, 0.4) is 0 Å². The minimum Gasteiger partial charge on any atom is -0.379 e. The van der Waals surface area contributed by atoms with Gasteiger partial charge in [0.05, 0.1) is 23.8 Å². The standard InChI is InChI=1S/C21H25N3O4S2/c25-20-2-1-15-11-18(12-16-3-5-24(20)21(15)16)30(26,27)22-13-19(17-4-10-29-14-17)23-6-8-28-9-7-23/h4,10-12,14,19,22H,1-3,5-9,13H2. The molecule has 3 aliphatic heterocycles. The molecule has 1 fully saturated rings. The molecule has 5 rings (SSSR count). The number of nitrogens with zero attached hydrogens (tertiary/aromatic N) is 2. The molecule has 0 bridgehead atoms. The second kappa shape index (κ2) is 8.05. The number of anilines is 1. The predicted molar refractivity (Wildman–Crippen MR) is 115 cm³/mol. The molecular weight excluding hydrogens is 422 g/mol. The van der Waals surface area contributed by atoms with E-state index in [-0.39, 0.29) is 11.9 Å². The second-order valence-electron chi connectivity index (χ2n) is 7.96. The summed E-state index contributed by atoms with van der Waals surface area (Å²) in [5.74, 6) is 0.138. The lowest BCUT2D eigenvalue weighted by molar-refractivity contribution is -0.118. The van der Waals surface area contributed by atoms with Gasteiger partial charge in [0.1, 0.15) is 0 Å². The van der Waals surface area contributed by atoms with E-state index in [1.165, 1.54) is 0 Å². The van der Waals surface area contributed by atoms with E-state index in [9.17, 15) is 13.2 Å². The lowest BCUT2D eigenvalue weighted by Gasteiger charge is -2.34. The predicted octanol–water partition coefficient (Wildman–Crippen LogP) is 1.94. The summed E-state index contributed by atoms with van der Waals surface area (Å²) in [6, 6.07) is 5.54. The summed E-state index contributed by atoms with van der Waals surface area (Å²) in [6.07, 6.45) is 1.76. The third-order valence-electron chi connectivity index (χ3n) is 6.22. The molecule has 2 aromatic rings. The molecule has 1 amide bonds. The molecule has 7 nitrogen and oxygen atoms in total. The summed E-state index contributed by atoms with van der Waals surface area (Å²) in [6.45, 7) is 3.86. The molecule has 0 aliphatic carbocycles. The molecule has 30 heavy (non-hydrogen) atoms. The van der Waals surface area contributed by atoms with Gasteiger partial charge in [-0.05, 0) is 58.5 Å². The van der Waals surface area contributed by atoms with Crippen LogP contribution in [0.4, 0.5) is 5.69 Å². The van der Waals surface area contributed by atoms with Crippen LogP contribution in [0.15, 0.2) is 33.9 Å². The van der Waals surface area contributed by atoms with Crippen molar-refractivity contribution in [2.24, 2.45) is 0 Å². The smallest absolute Gasteiger partial charge is 0.240 e. The van der Waals surface area contributed by atoms with Crippen molar-refractivity contribution in [1.29, 1.82) is 0 Å². The zero-order valence-corrected chi connectivity index (χ0v) is 18.3. The van der Waals surface area contributed by atoms with E-state index in [4.69, 9.17) is 4.74 Å². The molecule has 1 N–H and O–H groups in total. The van der Waals surface area contributed by atoms with Crippen molar-refractivity contribution >= 4 is 33.0 Å². The van der Waals surface area contributed by atoms with Gasteiger partial charge in [0.25, 0.3) is 0 Å². The fourth-order valence-corrected chi connectivity index (χ4v) is 6.51. The van der Waals surface area contributed by atoms with E-state index in [0.29, 0.717) is 50.5 Å². The number of sulfonamides is 1. The molecule has 160 valence electrons. The van der Waals surface area contributed by atoms with Crippen molar-refractivity contribution in [3.8, 4) is 0 Å². The van der Waals surface area contributed by atoms with E-state index >= 15 is 0 Å². The summed E-state index contributed by atoms with van der Waals surface area (Å²) in [5, 5.41) is 4.11. The Morgan fingerprint density at radius 2 is 1.87 bits per heavy atom. The van der Waals surface area contributed by atoms with Crippen LogP contribution in [-0.4, -0.2) is 58.6 Å². The average Bonchev–Trinajstić information content (AvgIpc) is 3.43. The molecule has 1 atom stereocenters. The number of hydrogen-bond acceptors (Lipinski definition) is 6. The summed E-state index contributed by atoms with van der Waals surface area (Å²) in [7, 11) is -3.65. The maximum atomic E-state index is 13.2. The lowest BCUT2D eigenvalue weighted by atomic mass is 10.00. The summed E-state index contributed by atoms with van der Waals surface area (Å²) in [4.78, 5) is 16.5. The number of aryl methyl sites for hydroxylation is 1. The van der Waals surface area contributed by atoms with Gasteiger partial charge in [-0.3, -0.25) is 9.69 Å². The fourth-order valence-electron chi connectivity index (χ4n) is 4.66. The normalized spacial score (nSPS) is 20.4. The first kappa shape index (κ1) is 20.1. The summed E-state index contributed by atoms with van der Waals surface area (Å²) >= 11 is 1.62. The Bertz CT molecular complexity index is 1050. The van der Waals surface area contributed by atoms with Crippen molar-refractivity contribution in [2.45, 2.75) is 30.2 Å². The molecule has 1 unspecified atom stereocenters. The number of carbonyl (C=O) groups excluding carboxylic acids is 1. The highest BCUT2D eigenvalue weighted by Crippen LogP contribution is 2.38. The molecule has 1 aromatic heterocycles. The van der Waals surface area contributed by atoms with E-state index in [0.717, 1.165) is 35.5 Å². The van der Waals surface area contributed by atoms with Crippen LogP contribution in [0, 0.1) is 0 Å². The Morgan fingerprint density at radius 3 is 2.60 bits per heavy atom. The first-order chi connectivity index (χ1) is 14.5. The van der Waals surface area contributed by atoms with Crippen molar-refractivity contribution in [2.75, 3.05) is 44.3 Å². The van der Waals surface area contributed by atoms with E-state index in [1.807, 2.05) is 10.3 Å². The maximum absolute atomic E-state index is 13.2. The minimum absolute atomic E-state index is 0.0178. The highest BCUT2D eigenvalue weighted by Gasteiger charge is 2.33. The van der Waals surface area contributed by atoms with Gasteiger partial charge in [-0.15, -0.1) is 0 Å². The Labute approximate surface area is 180 Å². The topological polar surface area (TPSA) is 79.0 Å². The average molecular weight is 448 g/mol. The number of hydrogen-bond donors (Lipinski definition) is 1. The van der Waals surface area contributed by atoms with Gasteiger partial charge in [-0.1, -0.05) is 0 Å². The molecule has 1 aromatic carbocycles. The Morgan fingerprint density at radius 1 is 1.10 bits per heavy atom. The van der Waals surface area contributed by atoms with Crippen LogP contribution < -0.4 is 9.62 Å². The second-order valence-corrected chi connectivity index (χ2v) is 10.5. The van der Waals surface area contributed by atoms with Gasteiger partial charge < -0.3 is 9.64 Å². The van der Waals surface area contributed by atoms with E-state index < -0.39 is 10.0 Å². The minimum atomic E-state index is -3.65. The number of nitrogens with one attached hydrogen (secondary N) is 1. The number of thiophene rings is 1. The molecule has 0 saturated carbocycles. The zero-order chi connectivity index (χ0) is 20.7. The van der Waals surface area contributed by atoms with Gasteiger partial charge >= 0.3 is 0 Å². The zero-order valence-electron chi connectivity index (χ0n) is 16.7. The Balaban J connectivity index is 1.38. The fraction of sp³-hybridized carbons (Fsp3) is 0.476. The molecule has 4 heterocycles. The number of morpholine rings is 1. The third-order valence-corrected chi connectivity index (χ3v) is 8.32. The van der Waals surface area contributed by atoms with Crippen LogP contribution in [0.2, 0.25) is 0 Å².